The first-order valence-corrected chi connectivity index (χ1v) is 6.93. The first kappa shape index (κ1) is 14.4. The number of benzene rings is 1. The molecule has 0 atom stereocenters. The molecule has 20 heavy (non-hydrogen) atoms. The van der Waals surface area contributed by atoms with Crippen LogP contribution in [0.3, 0.4) is 0 Å². The lowest BCUT2D eigenvalue weighted by Crippen LogP contribution is -2.06. The van der Waals surface area contributed by atoms with Crippen molar-refractivity contribution in [1.82, 2.24) is 9.78 Å². The monoisotopic (exact) mass is 289 g/mol. The van der Waals surface area contributed by atoms with Crippen LogP contribution in [-0.2, 0) is 19.6 Å². The van der Waals surface area contributed by atoms with E-state index < -0.39 is 0 Å². The molecule has 0 unspecified atom stereocenters. The van der Waals surface area contributed by atoms with E-state index in [0.29, 0.717) is 22.9 Å². The first-order chi connectivity index (χ1) is 9.67. The van der Waals surface area contributed by atoms with E-state index in [0.717, 1.165) is 24.4 Å². The standard InChI is InChI=1S/C15H16ClN3O/c1-3-12-7-13(19(4-2)18-12)10-20-14-6-5-11(9-17)15(16)8-14/h5-8H,3-4,10H2,1-2H3. The maximum Gasteiger partial charge on any atom is 0.130 e. The van der Waals surface area contributed by atoms with Crippen molar-refractivity contribution in [1.29, 1.82) is 5.26 Å². The van der Waals surface area contributed by atoms with E-state index >= 15 is 0 Å². The first-order valence-electron chi connectivity index (χ1n) is 6.56. The Hall–Kier alpha value is -1.99. The van der Waals surface area contributed by atoms with Crippen molar-refractivity contribution in [2.45, 2.75) is 33.4 Å². The molecule has 0 radical (unpaired) electrons. The maximum atomic E-state index is 8.83. The Balaban J connectivity index is 2.10. The lowest BCUT2D eigenvalue weighted by molar-refractivity contribution is 0.292. The highest BCUT2D eigenvalue weighted by Crippen LogP contribution is 2.22. The molecule has 5 heteroatoms. The zero-order valence-corrected chi connectivity index (χ0v) is 12.3. The van der Waals surface area contributed by atoms with Gasteiger partial charge in [-0.3, -0.25) is 4.68 Å². The molecule has 0 aliphatic carbocycles. The van der Waals surface area contributed by atoms with Crippen LogP contribution in [-0.4, -0.2) is 9.78 Å². The summed E-state index contributed by atoms with van der Waals surface area (Å²) in [5.74, 6) is 0.649. The SMILES string of the molecule is CCc1cc(COc2ccc(C#N)c(Cl)c2)n(CC)n1. The molecular formula is C15H16ClN3O. The minimum absolute atomic E-state index is 0.406. The van der Waals surface area contributed by atoms with Crippen LogP contribution >= 0.6 is 11.6 Å². The number of halogens is 1. The van der Waals surface area contributed by atoms with Gasteiger partial charge in [-0.15, -0.1) is 0 Å². The molecule has 1 aromatic heterocycles. The third kappa shape index (κ3) is 3.12. The van der Waals surface area contributed by atoms with Crippen molar-refractivity contribution in [3.63, 3.8) is 0 Å². The number of aromatic nitrogens is 2. The predicted octanol–water partition coefficient (Wildman–Crippen LogP) is 3.57. The fourth-order valence-corrected chi connectivity index (χ4v) is 2.12. The lowest BCUT2D eigenvalue weighted by Gasteiger charge is -2.08. The van der Waals surface area contributed by atoms with E-state index in [1.165, 1.54) is 0 Å². The number of ether oxygens (including phenoxy) is 1. The molecule has 0 aliphatic rings. The second kappa shape index (κ2) is 6.44. The third-order valence-corrected chi connectivity index (χ3v) is 3.34. The molecule has 0 aliphatic heterocycles. The second-order valence-corrected chi connectivity index (χ2v) is 4.75. The Morgan fingerprint density at radius 2 is 2.15 bits per heavy atom. The molecule has 0 saturated carbocycles. The normalized spacial score (nSPS) is 10.3. The molecular weight excluding hydrogens is 274 g/mol. The van der Waals surface area contributed by atoms with Crippen molar-refractivity contribution in [2.75, 3.05) is 0 Å². The zero-order valence-electron chi connectivity index (χ0n) is 11.6. The van der Waals surface area contributed by atoms with Crippen LogP contribution in [0, 0.1) is 11.3 Å². The van der Waals surface area contributed by atoms with Gasteiger partial charge in [0.05, 0.1) is 22.0 Å². The quantitative estimate of drug-likeness (QED) is 0.845. The highest BCUT2D eigenvalue weighted by Gasteiger charge is 2.07. The predicted molar refractivity (Wildman–Crippen MR) is 77.8 cm³/mol. The molecule has 0 bridgehead atoms. The number of aryl methyl sites for hydroxylation is 2. The van der Waals surface area contributed by atoms with Gasteiger partial charge in [-0.1, -0.05) is 18.5 Å². The Kier molecular flexibility index (Phi) is 4.65. The fourth-order valence-electron chi connectivity index (χ4n) is 1.91. The number of hydrogen-bond donors (Lipinski definition) is 0. The fraction of sp³-hybridized carbons (Fsp3) is 0.333. The second-order valence-electron chi connectivity index (χ2n) is 4.34. The summed E-state index contributed by atoms with van der Waals surface area (Å²) in [5, 5.41) is 13.7. The van der Waals surface area contributed by atoms with Crippen LogP contribution in [0.1, 0.15) is 30.8 Å². The highest BCUT2D eigenvalue weighted by atomic mass is 35.5. The zero-order chi connectivity index (χ0) is 14.5. The van der Waals surface area contributed by atoms with Crippen molar-refractivity contribution in [3.8, 4) is 11.8 Å². The Morgan fingerprint density at radius 1 is 1.35 bits per heavy atom. The topological polar surface area (TPSA) is 50.8 Å². The largest absolute Gasteiger partial charge is 0.487 e. The number of rotatable bonds is 5. The van der Waals surface area contributed by atoms with Crippen LogP contribution in [0.2, 0.25) is 5.02 Å². The maximum absolute atomic E-state index is 8.83. The summed E-state index contributed by atoms with van der Waals surface area (Å²) in [4.78, 5) is 0. The van der Waals surface area contributed by atoms with Gasteiger partial charge >= 0.3 is 0 Å². The van der Waals surface area contributed by atoms with Gasteiger partial charge in [0.1, 0.15) is 18.4 Å². The molecule has 2 rings (SSSR count). The Labute approximate surface area is 123 Å². The molecule has 1 heterocycles. The van der Waals surface area contributed by atoms with Gasteiger partial charge in [-0.2, -0.15) is 10.4 Å². The summed E-state index contributed by atoms with van der Waals surface area (Å²) in [6, 6.07) is 9.14. The van der Waals surface area contributed by atoms with E-state index in [1.54, 1.807) is 18.2 Å². The average Bonchev–Trinajstić information content (AvgIpc) is 2.87. The molecule has 0 fully saturated rings. The van der Waals surface area contributed by atoms with Gasteiger partial charge in [0.15, 0.2) is 0 Å². The average molecular weight is 290 g/mol. The lowest BCUT2D eigenvalue weighted by atomic mass is 10.2. The third-order valence-electron chi connectivity index (χ3n) is 3.02. The molecule has 0 spiro atoms. The van der Waals surface area contributed by atoms with Gasteiger partial charge in [0.25, 0.3) is 0 Å². The van der Waals surface area contributed by atoms with Gasteiger partial charge in [0, 0.05) is 12.6 Å². The van der Waals surface area contributed by atoms with Gasteiger partial charge in [-0.05, 0) is 31.5 Å². The van der Waals surface area contributed by atoms with Crippen LogP contribution in [0.25, 0.3) is 0 Å². The summed E-state index contributed by atoms with van der Waals surface area (Å²) in [6.45, 7) is 5.37. The molecule has 0 saturated heterocycles. The van der Waals surface area contributed by atoms with E-state index in [2.05, 4.69) is 25.0 Å². The molecule has 1 aromatic carbocycles. The van der Waals surface area contributed by atoms with Gasteiger partial charge in [0.2, 0.25) is 0 Å². The van der Waals surface area contributed by atoms with Gasteiger partial charge < -0.3 is 4.74 Å². The minimum Gasteiger partial charge on any atom is -0.487 e. The summed E-state index contributed by atoms with van der Waals surface area (Å²) in [7, 11) is 0. The van der Waals surface area contributed by atoms with E-state index in [9.17, 15) is 0 Å². The summed E-state index contributed by atoms with van der Waals surface area (Å²) < 4.78 is 7.65. The van der Waals surface area contributed by atoms with Crippen molar-refractivity contribution < 1.29 is 4.74 Å². The molecule has 2 aromatic rings. The summed E-state index contributed by atoms with van der Waals surface area (Å²) in [6.07, 6.45) is 0.905. The molecule has 0 amide bonds. The van der Waals surface area contributed by atoms with E-state index in [4.69, 9.17) is 21.6 Å². The molecule has 0 N–H and O–H groups in total. The smallest absolute Gasteiger partial charge is 0.130 e. The van der Waals surface area contributed by atoms with Crippen LogP contribution in [0.4, 0.5) is 0 Å². The summed E-state index contributed by atoms with van der Waals surface area (Å²) in [5.41, 5.74) is 2.54. The molecule has 4 nitrogen and oxygen atoms in total. The van der Waals surface area contributed by atoms with Crippen LogP contribution in [0.15, 0.2) is 24.3 Å². The van der Waals surface area contributed by atoms with Crippen LogP contribution < -0.4 is 4.74 Å². The Bertz CT molecular complexity index is 643. The van der Waals surface area contributed by atoms with E-state index in [1.807, 2.05) is 10.8 Å². The van der Waals surface area contributed by atoms with Crippen LogP contribution in [0.5, 0.6) is 5.75 Å². The van der Waals surface area contributed by atoms with E-state index in [-0.39, 0.29) is 0 Å². The van der Waals surface area contributed by atoms with Crippen molar-refractivity contribution in [2.24, 2.45) is 0 Å². The van der Waals surface area contributed by atoms with Crippen molar-refractivity contribution in [3.05, 3.63) is 46.2 Å². The number of nitrogens with zero attached hydrogens (tertiary/aromatic N) is 3. The van der Waals surface area contributed by atoms with Crippen molar-refractivity contribution >= 4 is 11.6 Å². The number of hydrogen-bond acceptors (Lipinski definition) is 3. The van der Waals surface area contributed by atoms with Gasteiger partial charge in [-0.25, -0.2) is 0 Å². The number of nitriles is 1. The highest BCUT2D eigenvalue weighted by molar-refractivity contribution is 6.31. The minimum atomic E-state index is 0.406. The summed E-state index contributed by atoms with van der Waals surface area (Å²) >= 11 is 5.98. The Morgan fingerprint density at radius 3 is 2.75 bits per heavy atom. The molecule has 104 valence electrons.